The summed E-state index contributed by atoms with van der Waals surface area (Å²) in [6.45, 7) is 1.33. The van der Waals surface area contributed by atoms with Gasteiger partial charge in [-0.1, -0.05) is 37.3 Å². The summed E-state index contributed by atoms with van der Waals surface area (Å²) in [5.41, 5.74) is 0.737. The van der Waals surface area contributed by atoms with Gasteiger partial charge in [-0.05, 0) is 5.56 Å². The van der Waals surface area contributed by atoms with E-state index >= 15 is 0 Å². The molecule has 0 bridgehead atoms. The molecular formula is C15H20O9S2-2. The Morgan fingerprint density at radius 3 is 2.23 bits per heavy atom. The Labute approximate surface area is 152 Å². The van der Waals surface area contributed by atoms with Crippen molar-refractivity contribution < 1.29 is 40.2 Å². The van der Waals surface area contributed by atoms with Gasteiger partial charge in [0.15, 0.2) is 6.29 Å². The minimum atomic E-state index is -4.89. The number of hydrogen-bond donors (Lipinski definition) is 0. The predicted octanol–water partition coefficient (Wildman–Crippen LogP) is 0.0382. The zero-order valence-corrected chi connectivity index (χ0v) is 15.8. The van der Waals surface area contributed by atoms with Gasteiger partial charge < -0.3 is 23.3 Å². The monoisotopic (exact) mass is 408 g/mol. The van der Waals surface area contributed by atoms with Gasteiger partial charge in [-0.2, -0.15) is 0 Å². The molecule has 0 amide bonds. The molecule has 0 spiro atoms. The van der Waals surface area contributed by atoms with E-state index in [1.807, 2.05) is 0 Å². The van der Waals surface area contributed by atoms with Gasteiger partial charge in [0.25, 0.3) is 0 Å². The maximum atomic E-state index is 11.8. The molecule has 1 heterocycles. The van der Waals surface area contributed by atoms with Crippen molar-refractivity contribution in [1.82, 2.24) is 0 Å². The van der Waals surface area contributed by atoms with E-state index in [9.17, 15) is 25.9 Å². The molecule has 0 radical (unpaired) electrons. The van der Waals surface area contributed by atoms with Gasteiger partial charge in [-0.3, -0.25) is 0 Å². The van der Waals surface area contributed by atoms with Crippen LogP contribution in [0.1, 0.15) is 12.5 Å². The van der Waals surface area contributed by atoms with Crippen molar-refractivity contribution in [3.63, 3.8) is 0 Å². The van der Waals surface area contributed by atoms with Crippen LogP contribution in [0.15, 0.2) is 30.3 Å². The van der Waals surface area contributed by atoms with Crippen molar-refractivity contribution in [2.45, 2.75) is 37.3 Å². The van der Waals surface area contributed by atoms with Gasteiger partial charge in [-0.25, -0.2) is 16.8 Å². The molecule has 11 heteroatoms. The van der Waals surface area contributed by atoms with E-state index in [1.165, 1.54) is 14.0 Å². The highest BCUT2D eigenvalue weighted by molar-refractivity contribution is 7.86. The summed E-state index contributed by atoms with van der Waals surface area (Å²) in [6, 6.07) is 8.84. The Bertz CT molecular complexity index is 792. The lowest BCUT2D eigenvalue weighted by Crippen LogP contribution is -2.59. The lowest BCUT2D eigenvalue weighted by molar-refractivity contribution is -0.250. The Morgan fingerprint density at radius 1 is 1.12 bits per heavy atom. The molecule has 1 fully saturated rings. The normalized spacial score (nSPS) is 30.2. The van der Waals surface area contributed by atoms with Crippen LogP contribution in [0, 0.1) is 5.92 Å². The zero-order chi connectivity index (χ0) is 19.5. The molecule has 5 atom stereocenters. The van der Waals surface area contributed by atoms with Crippen molar-refractivity contribution in [3.05, 3.63) is 35.9 Å². The maximum Gasteiger partial charge on any atom is 0.184 e. The third kappa shape index (κ3) is 5.46. The first-order chi connectivity index (χ1) is 12.0. The van der Waals surface area contributed by atoms with Crippen LogP contribution in [0.2, 0.25) is 0 Å². The first-order valence-electron chi connectivity index (χ1n) is 7.75. The number of benzene rings is 1. The second-order valence-electron chi connectivity index (χ2n) is 6.08. The lowest BCUT2D eigenvalue weighted by Gasteiger charge is -2.45. The fraction of sp³-hybridized carbons (Fsp3) is 0.600. The van der Waals surface area contributed by atoms with Gasteiger partial charge in [0, 0.05) is 13.0 Å². The minimum Gasteiger partial charge on any atom is -0.748 e. The fourth-order valence-corrected chi connectivity index (χ4v) is 5.01. The molecule has 1 aromatic rings. The van der Waals surface area contributed by atoms with Crippen molar-refractivity contribution in [2.24, 2.45) is 5.92 Å². The lowest BCUT2D eigenvalue weighted by atomic mass is 9.94. The fourth-order valence-electron chi connectivity index (χ4n) is 2.99. The second-order valence-corrected chi connectivity index (χ2v) is 9.06. The summed E-state index contributed by atoms with van der Waals surface area (Å²) in [5.74, 6) is -2.04. The molecule has 148 valence electrons. The van der Waals surface area contributed by atoms with Crippen molar-refractivity contribution in [2.75, 3.05) is 12.9 Å². The molecule has 5 unspecified atom stereocenters. The van der Waals surface area contributed by atoms with E-state index in [4.69, 9.17) is 14.2 Å². The first-order valence-corrected chi connectivity index (χ1v) is 10.8. The van der Waals surface area contributed by atoms with E-state index < -0.39 is 55.7 Å². The number of methoxy groups -OCH3 is 1. The highest BCUT2D eigenvalue weighted by Gasteiger charge is 2.48. The van der Waals surface area contributed by atoms with Gasteiger partial charge >= 0.3 is 0 Å². The Morgan fingerprint density at radius 2 is 1.73 bits per heavy atom. The Hall–Kier alpha value is -1.08. The standard InChI is InChI=1S/C15H22O9S2/c1-10-12(9-25(16,17)18)24-15(22-2)13(14(10)26(19,20)21)23-8-11-6-4-3-5-7-11/h3-7,10,12-15H,8-9H2,1-2H3,(H,16,17,18)(H,19,20,21)/p-2. The predicted molar refractivity (Wildman–Crippen MR) is 87.9 cm³/mol. The Kier molecular flexibility index (Phi) is 6.77. The number of ether oxygens (including phenoxy) is 3. The van der Waals surface area contributed by atoms with E-state index in [-0.39, 0.29) is 6.61 Å². The topological polar surface area (TPSA) is 142 Å². The average Bonchev–Trinajstić information content (AvgIpc) is 2.53. The molecule has 0 N–H and O–H groups in total. The van der Waals surface area contributed by atoms with E-state index in [0.29, 0.717) is 0 Å². The molecule has 1 aromatic carbocycles. The van der Waals surface area contributed by atoms with Crippen molar-refractivity contribution >= 4 is 20.2 Å². The quantitative estimate of drug-likeness (QED) is 0.571. The van der Waals surface area contributed by atoms with Crippen molar-refractivity contribution in [1.29, 1.82) is 0 Å². The molecule has 0 saturated carbocycles. The van der Waals surface area contributed by atoms with E-state index in [1.54, 1.807) is 30.3 Å². The molecule has 0 aromatic heterocycles. The maximum absolute atomic E-state index is 11.8. The molecule has 26 heavy (non-hydrogen) atoms. The van der Waals surface area contributed by atoms with Crippen LogP contribution in [0.4, 0.5) is 0 Å². The zero-order valence-electron chi connectivity index (χ0n) is 14.2. The molecule has 0 aliphatic carbocycles. The van der Waals surface area contributed by atoms with E-state index in [2.05, 4.69) is 0 Å². The molecule has 1 aliphatic rings. The van der Waals surface area contributed by atoms with Gasteiger partial charge in [-0.15, -0.1) is 0 Å². The van der Waals surface area contributed by atoms with Gasteiger partial charge in [0.05, 0.1) is 33.8 Å². The van der Waals surface area contributed by atoms with Crippen molar-refractivity contribution in [3.8, 4) is 0 Å². The molecule has 1 aliphatic heterocycles. The van der Waals surface area contributed by atoms with Crippen LogP contribution in [0.5, 0.6) is 0 Å². The third-order valence-electron chi connectivity index (χ3n) is 4.22. The second kappa shape index (κ2) is 8.30. The summed E-state index contributed by atoms with van der Waals surface area (Å²) >= 11 is 0. The van der Waals surface area contributed by atoms with Crippen LogP contribution in [-0.4, -0.2) is 62.6 Å². The molecule has 2 rings (SSSR count). The first kappa shape index (κ1) is 21.2. The summed E-state index contributed by atoms with van der Waals surface area (Å²) in [5, 5.41) is -1.63. The molecule has 1 saturated heterocycles. The molecular weight excluding hydrogens is 388 g/mol. The number of hydrogen-bond acceptors (Lipinski definition) is 9. The summed E-state index contributed by atoms with van der Waals surface area (Å²) in [7, 11) is -8.39. The summed E-state index contributed by atoms with van der Waals surface area (Å²) < 4.78 is 84.7. The van der Waals surface area contributed by atoms with Crippen LogP contribution in [0.25, 0.3) is 0 Å². The van der Waals surface area contributed by atoms with E-state index in [0.717, 1.165) is 5.56 Å². The summed E-state index contributed by atoms with van der Waals surface area (Å²) in [6.07, 6.45) is -3.88. The smallest absolute Gasteiger partial charge is 0.184 e. The average molecular weight is 408 g/mol. The van der Waals surface area contributed by atoms with Crippen LogP contribution >= 0.6 is 0 Å². The van der Waals surface area contributed by atoms with Crippen LogP contribution in [0.3, 0.4) is 0 Å². The third-order valence-corrected chi connectivity index (χ3v) is 6.33. The number of rotatable bonds is 7. The minimum absolute atomic E-state index is 0.00200. The molecule has 9 nitrogen and oxygen atoms in total. The summed E-state index contributed by atoms with van der Waals surface area (Å²) in [4.78, 5) is 0. The highest BCUT2D eigenvalue weighted by Crippen LogP contribution is 2.33. The van der Waals surface area contributed by atoms with Gasteiger partial charge in [0.1, 0.15) is 16.2 Å². The van der Waals surface area contributed by atoms with Gasteiger partial charge in [0.2, 0.25) is 0 Å². The van der Waals surface area contributed by atoms with Crippen LogP contribution < -0.4 is 0 Å². The van der Waals surface area contributed by atoms with Crippen LogP contribution in [-0.2, 0) is 41.1 Å². The highest BCUT2D eigenvalue weighted by atomic mass is 32.2. The Balaban J connectivity index is 2.29. The SMILES string of the molecule is COC1OC(CS(=O)(=O)[O-])C(C)C(S(=O)(=O)[O-])C1OCc1ccccc1. The largest absolute Gasteiger partial charge is 0.748 e.